The first kappa shape index (κ1) is 17.3. The van der Waals surface area contributed by atoms with E-state index >= 15 is 0 Å². The molecule has 2 rings (SSSR count). The van der Waals surface area contributed by atoms with Gasteiger partial charge in [0, 0.05) is 0 Å². The van der Waals surface area contributed by atoms with Crippen LogP contribution < -0.4 is 29.6 Å². The van der Waals surface area contributed by atoms with Crippen LogP contribution in [0.25, 0.3) is 0 Å². The summed E-state index contributed by atoms with van der Waals surface area (Å²) in [5.41, 5.74) is 0. The second kappa shape index (κ2) is 9.28. The number of rotatable bonds is 0. The Kier molecular flexibility index (Phi) is 9.45. The fraction of sp³-hybridized carbons (Fsp3) is 0. The molecule has 0 heterocycles. The molecule has 2 aromatic carbocycles. The predicted molar refractivity (Wildman–Crippen MR) is 75.4 cm³/mol. The van der Waals surface area contributed by atoms with Crippen LogP contribution in [0, 0.1) is 0 Å². The Labute approximate surface area is 147 Å². The summed E-state index contributed by atoms with van der Waals surface area (Å²) in [7, 11) is 0. The fourth-order valence-corrected chi connectivity index (χ4v) is 1.49. The minimum atomic E-state index is 0. The van der Waals surface area contributed by atoms with Crippen LogP contribution in [-0.2, 0) is 50.5 Å². The van der Waals surface area contributed by atoms with Gasteiger partial charge in [-0.1, -0.05) is 48.5 Å². The minimum absolute atomic E-state index is 0. The van der Waals surface area contributed by atoms with Crippen molar-refractivity contribution in [3.8, 4) is 0 Å². The molecule has 0 aliphatic heterocycles. The van der Waals surface area contributed by atoms with E-state index in [2.05, 4.69) is 0 Å². The zero-order valence-corrected chi connectivity index (χ0v) is 14.5. The van der Waals surface area contributed by atoms with Gasteiger partial charge < -0.3 is 50.5 Å². The molecule has 2 aromatic rings. The molecule has 0 bridgehead atoms. The Morgan fingerprint density at radius 3 is 0.765 bits per heavy atom. The molecule has 0 saturated heterocycles. The van der Waals surface area contributed by atoms with Crippen molar-refractivity contribution < 1.29 is 29.6 Å². The van der Waals surface area contributed by atoms with Crippen molar-refractivity contribution in [3.05, 3.63) is 48.5 Å². The summed E-state index contributed by atoms with van der Waals surface area (Å²) in [6.07, 6.45) is 0. The van der Waals surface area contributed by atoms with Crippen LogP contribution in [0.4, 0.5) is 0 Å². The van der Waals surface area contributed by atoms with Crippen LogP contribution in [0.15, 0.2) is 68.1 Å². The Morgan fingerprint density at radius 2 is 0.647 bits per heavy atom. The van der Waals surface area contributed by atoms with Crippen molar-refractivity contribution in [3.63, 3.8) is 0 Å². The third kappa shape index (κ3) is 6.72. The normalized spacial score (nSPS) is 8.47. The summed E-state index contributed by atoms with van der Waals surface area (Å²) in [4.78, 5) is 3.06. The van der Waals surface area contributed by atoms with Crippen molar-refractivity contribution >= 4 is 50.5 Å². The minimum Gasteiger partial charge on any atom is -0.781 e. The molecule has 0 aromatic heterocycles. The average Bonchev–Trinajstić information content (AvgIpc) is 2.28. The monoisotopic (exact) mass is 303 g/mol. The fourth-order valence-electron chi connectivity index (χ4n) is 0.900. The molecule has 0 unspecified atom stereocenters. The number of benzene rings is 2. The van der Waals surface area contributed by atoms with Crippen molar-refractivity contribution in [1.82, 2.24) is 0 Å². The van der Waals surface area contributed by atoms with Crippen LogP contribution in [0.2, 0.25) is 0 Å². The van der Waals surface area contributed by atoms with Crippen LogP contribution in [-0.4, -0.2) is 0 Å². The summed E-state index contributed by atoms with van der Waals surface area (Å²) < 4.78 is 0. The topological polar surface area (TPSA) is 0 Å². The van der Waals surface area contributed by atoms with Crippen LogP contribution in [0.1, 0.15) is 0 Å². The Morgan fingerprint density at radius 1 is 0.471 bits per heavy atom. The van der Waals surface area contributed by atoms with Crippen LogP contribution in [0.5, 0.6) is 0 Å². The van der Waals surface area contributed by atoms with Gasteiger partial charge in [0.05, 0.1) is 0 Å². The maximum atomic E-state index is 4.85. The van der Waals surface area contributed by atoms with Gasteiger partial charge in [0.25, 0.3) is 0 Å². The van der Waals surface area contributed by atoms with Gasteiger partial charge in [-0.3, -0.25) is 0 Å². The first-order valence-corrected chi connectivity index (χ1v) is 6.10. The van der Waals surface area contributed by atoms with E-state index in [-0.39, 0.29) is 29.6 Å². The molecule has 0 aliphatic carbocycles. The van der Waals surface area contributed by atoms with Crippen molar-refractivity contribution in [2.75, 3.05) is 0 Å². The van der Waals surface area contributed by atoms with E-state index in [1.807, 2.05) is 48.5 Å². The largest absolute Gasteiger partial charge is 1.00 e. The van der Waals surface area contributed by atoms with Crippen LogP contribution in [0.3, 0.4) is 0 Å². The van der Waals surface area contributed by atoms with E-state index in [0.717, 1.165) is 19.6 Å². The third-order valence-corrected chi connectivity index (χ3v) is 3.38. The summed E-state index contributed by atoms with van der Waals surface area (Å²) in [6, 6.07) is 14.9. The van der Waals surface area contributed by atoms with E-state index in [1.54, 1.807) is 0 Å². The average molecular weight is 303 g/mol. The molecule has 0 nitrogen and oxygen atoms in total. The van der Waals surface area contributed by atoms with Gasteiger partial charge >= 0.3 is 29.6 Å². The third-order valence-electron chi connectivity index (χ3n) is 1.70. The summed E-state index contributed by atoms with van der Waals surface area (Å²) in [5, 5.41) is 0. The molecule has 17 heavy (non-hydrogen) atoms. The van der Waals surface area contributed by atoms with Gasteiger partial charge in [-0.15, -0.1) is 0 Å². The first-order chi connectivity index (χ1) is 7.61. The summed E-state index contributed by atoms with van der Waals surface area (Å²) >= 11 is 19.4. The molecule has 0 fully saturated rings. The molecule has 0 N–H and O–H groups in total. The van der Waals surface area contributed by atoms with Gasteiger partial charge in [0.1, 0.15) is 0 Å². The van der Waals surface area contributed by atoms with Gasteiger partial charge in [0.15, 0.2) is 0 Å². The predicted octanol–water partition coefficient (Wildman–Crippen LogP) is 0.000400. The van der Waals surface area contributed by atoms with E-state index in [0.29, 0.717) is 0 Å². The molecule has 0 atom stereocenters. The standard InChI is InChI=1S/2C6H6S2.Na/c2*7-5-3-1-2-4-6(5)8;/h2*1-4,7-8H;/q;;+1/p-4. The van der Waals surface area contributed by atoms with Gasteiger partial charge in [-0.2, -0.15) is 19.6 Å². The molecular formula is C12H8NaS4-3. The maximum Gasteiger partial charge on any atom is 1.00 e. The number of hydrogen-bond donors (Lipinski definition) is 0. The Balaban J connectivity index is 0.000000284. The maximum absolute atomic E-state index is 4.85. The smallest absolute Gasteiger partial charge is 0.781 e. The van der Waals surface area contributed by atoms with Crippen molar-refractivity contribution in [2.45, 2.75) is 19.6 Å². The van der Waals surface area contributed by atoms with Gasteiger partial charge in [-0.05, 0) is 0 Å². The van der Waals surface area contributed by atoms with E-state index in [4.69, 9.17) is 50.5 Å². The molecule has 0 radical (unpaired) electrons. The number of hydrogen-bond acceptors (Lipinski definition) is 4. The second-order valence-corrected chi connectivity index (χ2v) is 4.65. The molecule has 0 amide bonds. The van der Waals surface area contributed by atoms with Crippen LogP contribution >= 0.6 is 0 Å². The van der Waals surface area contributed by atoms with Gasteiger partial charge in [0.2, 0.25) is 0 Å². The molecular weight excluding hydrogens is 295 g/mol. The molecule has 5 heteroatoms. The quantitative estimate of drug-likeness (QED) is 0.496. The van der Waals surface area contributed by atoms with Crippen molar-refractivity contribution in [1.29, 1.82) is 0 Å². The second-order valence-electron chi connectivity index (χ2n) is 2.89. The first-order valence-electron chi connectivity index (χ1n) is 4.47. The van der Waals surface area contributed by atoms with Crippen molar-refractivity contribution in [2.24, 2.45) is 0 Å². The molecule has 84 valence electrons. The van der Waals surface area contributed by atoms with E-state index < -0.39 is 0 Å². The SMILES string of the molecule is [Na+].[S-]c1ccccc1[S-].[S-]c1ccccc1[S-]. The van der Waals surface area contributed by atoms with Gasteiger partial charge in [-0.25, -0.2) is 0 Å². The Hall–Kier alpha value is 0.320. The van der Waals surface area contributed by atoms with E-state index in [9.17, 15) is 0 Å². The summed E-state index contributed by atoms with van der Waals surface area (Å²) in [5.74, 6) is 0. The van der Waals surface area contributed by atoms with E-state index in [1.165, 1.54) is 0 Å². The molecule has 0 aliphatic rings. The zero-order chi connectivity index (χ0) is 12.0. The molecule has 0 saturated carbocycles. The molecule has 0 spiro atoms. The Bertz CT molecular complexity index is 374. The zero-order valence-electron chi connectivity index (χ0n) is 9.25. The summed E-state index contributed by atoms with van der Waals surface area (Å²) in [6.45, 7) is 0.